The van der Waals surface area contributed by atoms with E-state index in [9.17, 15) is 9.59 Å². The minimum atomic E-state index is -0.454. The van der Waals surface area contributed by atoms with Crippen LogP contribution in [0.5, 0.6) is 0 Å². The number of carbonyl (C=O) groups excluding carboxylic acids is 2. The topological polar surface area (TPSA) is 84.7 Å². The van der Waals surface area contributed by atoms with Crippen molar-refractivity contribution in [2.45, 2.75) is 32.4 Å². The molecule has 0 spiro atoms. The van der Waals surface area contributed by atoms with Crippen LogP contribution in [0.15, 0.2) is 0 Å². The first-order chi connectivity index (χ1) is 7.95. The van der Waals surface area contributed by atoms with E-state index in [0.29, 0.717) is 13.1 Å². The summed E-state index contributed by atoms with van der Waals surface area (Å²) in [5.41, 5.74) is 5.70. The van der Waals surface area contributed by atoms with Crippen LogP contribution in [0.25, 0.3) is 0 Å². The summed E-state index contributed by atoms with van der Waals surface area (Å²) >= 11 is 0. The molecule has 3 N–H and O–H groups in total. The van der Waals surface area contributed by atoms with Crippen LogP contribution >= 0.6 is 0 Å². The predicted octanol–water partition coefficient (Wildman–Crippen LogP) is -0.0734. The van der Waals surface area contributed by atoms with Crippen LogP contribution in [-0.4, -0.2) is 49.2 Å². The number of amides is 2. The fourth-order valence-electron chi connectivity index (χ4n) is 1.82. The molecular weight excluding hydrogens is 222 g/mol. The molecule has 2 amide bonds. The highest BCUT2D eigenvalue weighted by Crippen LogP contribution is 2.14. The van der Waals surface area contributed by atoms with E-state index in [4.69, 9.17) is 5.73 Å². The van der Waals surface area contributed by atoms with Crippen LogP contribution in [0.3, 0.4) is 0 Å². The molecule has 6 heteroatoms. The van der Waals surface area contributed by atoms with E-state index < -0.39 is 6.09 Å². The number of ether oxygens (including phenoxy) is 1. The predicted molar refractivity (Wildman–Crippen MR) is 63.3 cm³/mol. The second kappa shape index (κ2) is 5.86. The summed E-state index contributed by atoms with van der Waals surface area (Å²) in [5.74, 6) is -0.138. The molecule has 1 rings (SSSR count). The Hall–Kier alpha value is -1.30. The van der Waals surface area contributed by atoms with Gasteiger partial charge in [-0.2, -0.15) is 0 Å². The van der Waals surface area contributed by atoms with Gasteiger partial charge in [-0.05, 0) is 13.3 Å². The van der Waals surface area contributed by atoms with Crippen LogP contribution in [0.2, 0.25) is 0 Å². The van der Waals surface area contributed by atoms with E-state index in [1.165, 1.54) is 7.11 Å². The molecule has 1 aliphatic heterocycles. The zero-order valence-corrected chi connectivity index (χ0v) is 10.6. The van der Waals surface area contributed by atoms with Crippen molar-refractivity contribution in [3.8, 4) is 0 Å². The Morgan fingerprint density at radius 1 is 1.47 bits per heavy atom. The number of nitrogens with zero attached hydrogens (tertiary/aromatic N) is 1. The van der Waals surface area contributed by atoms with Crippen molar-refractivity contribution in [3.63, 3.8) is 0 Å². The number of nitrogens with one attached hydrogen (secondary N) is 1. The lowest BCUT2D eigenvalue weighted by Gasteiger charge is -2.23. The number of rotatable bonds is 3. The maximum atomic E-state index is 12.0. The van der Waals surface area contributed by atoms with Gasteiger partial charge in [0.25, 0.3) is 0 Å². The monoisotopic (exact) mass is 243 g/mol. The maximum Gasteiger partial charge on any atom is 0.407 e. The number of methoxy groups -OCH3 is 1. The summed E-state index contributed by atoms with van der Waals surface area (Å²) in [7, 11) is 1.32. The van der Waals surface area contributed by atoms with E-state index >= 15 is 0 Å². The normalized spacial score (nSPS) is 23.1. The molecule has 3 unspecified atom stereocenters. The molecule has 17 heavy (non-hydrogen) atoms. The maximum absolute atomic E-state index is 12.0. The summed E-state index contributed by atoms with van der Waals surface area (Å²) in [6.07, 6.45) is 0.302. The zero-order chi connectivity index (χ0) is 13.0. The molecule has 0 bridgehead atoms. The summed E-state index contributed by atoms with van der Waals surface area (Å²) in [4.78, 5) is 24.8. The molecule has 0 saturated carbocycles. The Kier molecular flexibility index (Phi) is 4.74. The number of hydrogen-bond donors (Lipinski definition) is 2. The lowest BCUT2D eigenvalue weighted by Crippen LogP contribution is -2.43. The molecule has 6 nitrogen and oxygen atoms in total. The van der Waals surface area contributed by atoms with Crippen molar-refractivity contribution in [2.75, 3.05) is 20.2 Å². The van der Waals surface area contributed by atoms with Gasteiger partial charge in [0.05, 0.1) is 19.1 Å². The molecule has 0 aromatic heterocycles. The average Bonchev–Trinajstić information content (AvgIpc) is 2.75. The molecule has 0 radical (unpaired) electrons. The number of hydrogen-bond acceptors (Lipinski definition) is 4. The van der Waals surface area contributed by atoms with Gasteiger partial charge in [-0.15, -0.1) is 0 Å². The van der Waals surface area contributed by atoms with E-state index in [1.807, 2.05) is 13.8 Å². The Balaban J connectivity index is 2.44. The molecular formula is C11H21N3O3. The number of nitrogens with two attached hydrogens (primary N) is 1. The Morgan fingerprint density at radius 2 is 2.12 bits per heavy atom. The molecule has 3 atom stereocenters. The molecule has 1 aliphatic rings. The SMILES string of the molecule is COC(=O)NC1CCN(C(=O)C(C)C(C)N)C1. The van der Waals surface area contributed by atoms with Gasteiger partial charge in [0.15, 0.2) is 0 Å². The van der Waals surface area contributed by atoms with Crippen LogP contribution in [0.4, 0.5) is 4.79 Å². The van der Waals surface area contributed by atoms with Gasteiger partial charge in [-0.1, -0.05) is 6.92 Å². The molecule has 1 fully saturated rings. The van der Waals surface area contributed by atoms with E-state index in [0.717, 1.165) is 6.42 Å². The minimum absolute atomic E-state index is 0.0216. The van der Waals surface area contributed by atoms with E-state index in [2.05, 4.69) is 10.1 Å². The van der Waals surface area contributed by atoms with Crippen LogP contribution in [0.1, 0.15) is 20.3 Å². The lowest BCUT2D eigenvalue weighted by atomic mass is 10.0. The van der Waals surface area contributed by atoms with E-state index in [-0.39, 0.29) is 23.9 Å². The summed E-state index contributed by atoms with van der Waals surface area (Å²) < 4.78 is 4.52. The molecule has 0 aliphatic carbocycles. The van der Waals surface area contributed by atoms with Crippen molar-refractivity contribution in [2.24, 2.45) is 11.7 Å². The molecule has 0 aromatic rings. The quantitative estimate of drug-likeness (QED) is 0.726. The second-order valence-electron chi connectivity index (χ2n) is 4.55. The van der Waals surface area contributed by atoms with Crippen molar-refractivity contribution >= 4 is 12.0 Å². The Labute approximate surface area is 101 Å². The Morgan fingerprint density at radius 3 is 2.65 bits per heavy atom. The van der Waals surface area contributed by atoms with Gasteiger partial charge in [0.1, 0.15) is 0 Å². The first-order valence-electron chi connectivity index (χ1n) is 5.84. The van der Waals surface area contributed by atoms with Crippen LogP contribution in [-0.2, 0) is 9.53 Å². The number of alkyl carbamates (subject to hydrolysis) is 1. The summed E-state index contributed by atoms with van der Waals surface area (Å²) in [6, 6.07) is -0.179. The van der Waals surface area contributed by atoms with Gasteiger partial charge in [-0.25, -0.2) is 4.79 Å². The van der Waals surface area contributed by atoms with Crippen LogP contribution < -0.4 is 11.1 Å². The minimum Gasteiger partial charge on any atom is -0.453 e. The average molecular weight is 243 g/mol. The highest BCUT2D eigenvalue weighted by atomic mass is 16.5. The first-order valence-corrected chi connectivity index (χ1v) is 5.84. The van der Waals surface area contributed by atoms with Crippen molar-refractivity contribution in [3.05, 3.63) is 0 Å². The summed E-state index contributed by atoms with van der Waals surface area (Å²) in [6.45, 7) is 4.84. The Bertz CT molecular complexity index is 294. The van der Waals surface area contributed by atoms with E-state index in [1.54, 1.807) is 4.90 Å². The number of carbonyl (C=O) groups is 2. The highest BCUT2D eigenvalue weighted by Gasteiger charge is 2.30. The van der Waals surface area contributed by atoms with Crippen molar-refractivity contribution < 1.29 is 14.3 Å². The fraction of sp³-hybridized carbons (Fsp3) is 0.818. The third kappa shape index (κ3) is 3.59. The second-order valence-corrected chi connectivity index (χ2v) is 4.55. The summed E-state index contributed by atoms with van der Waals surface area (Å²) in [5, 5.41) is 2.70. The van der Waals surface area contributed by atoms with Gasteiger partial charge in [0.2, 0.25) is 5.91 Å². The zero-order valence-electron chi connectivity index (χ0n) is 10.6. The van der Waals surface area contributed by atoms with Gasteiger partial charge in [-0.3, -0.25) is 4.79 Å². The third-order valence-corrected chi connectivity index (χ3v) is 3.19. The highest BCUT2D eigenvalue weighted by molar-refractivity contribution is 5.79. The van der Waals surface area contributed by atoms with Gasteiger partial charge in [0, 0.05) is 19.1 Å². The van der Waals surface area contributed by atoms with Crippen molar-refractivity contribution in [1.82, 2.24) is 10.2 Å². The largest absolute Gasteiger partial charge is 0.453 e. The van der Waals surface area contributed by atoms with Crippen LogP contribution in [0, 0.1) is 5.92 Å². The van der Waals surface area contributed by atoms with Gasteiger partial charge < -0.3 is 20.7 Å². The molecule has 1 saturated heterocycles. The smallest absolute Gasteiger partial charge is 0.407 e. The molecule has 0 aromatic carbocycles. The van der Waals surface area contributed by atoms with Crippen molar-refractivity contribution in [1.29, 1.82) is 0 Å². The standard InChI is InChI=1S/C11H21N3O3/c1-7(8(2)12)10(15)14-5-4-9(6-14)13-11(16)17-3/h7-9H,4-6,12H2,1-3H3,(H,13,16). The molecule has 1 heterocycles. The molecule has 98 valence electrons. The number of likely N-dealkylation sites (tertiary alicyclic amines) is 1. The first kappa shape index (κ1) is 13.8. The van der Waals surface area contributed by atoms with Gasteiger partial charge >= 0.3 is 6.09 Å². The lowest BCUT2D eigenvalue weighted by molar-refractivity contribution is -0.134. The fourth-order valence-corrected chi connectivity index (χ4v) is 1.82. The third-order valence-electron chi connectivity index (χ3n) is 3.19.